The van der Waals surface area contributed by atoms with Gasteiger partial charge in [0, 0.05) is 5.38 Å². The third kappa shape index (κ3) is 7.39. The van der Waals surface area contributed by atoms with Crippen LogP contribution in [0.5, 0.6) is 0 Å². The SMILES string of the molecule is CC(CO/N=C(\C(=O)Cl)c1csc(NC(c2ccccc2)(c2ccccc2)c2ccccc2)n1)C(=O)OC(C)(C)C. The van der Waals surface area contributed by atoms with Gasteiger partial charge in [-0.25, -0.2) is 4.98 Å². The van der Waals surface area contributed by atoms with Crippen molar-refractivity contribution in [1.82, 2.24) is 4.98 Å². The number of nitrogens with zero attached hydrogens (tertiary/aromatic N) is 2. The first-order valence-corrected chi connectivity index (χ1v) is 14.4. The Morgan fingerprint density at radius 3 is 1.83 bits per heavy atom. The summed E-state index contributed by atoms with van der Waals surface area (Å²) in [6, 6.07) is 30.3. The number of nitrogens with one attached hydrogen (secondary N) is 1. The maximum atomic E-state index is 12.3. The van der Waals surface area contributed by atoms with Crippen LogP contribution in [0.1, 0.15) is 50.1 Å². The third-order valence-electron chi connectivity index (χ3n) is 6.14. The zero-order chi connectivity index (χ0) is 29.5. The molecule has 212 valence electrons. The predicted octanol–water partition coefficient (Wildman–Crippen LogP) is 7.01. The Labute approximate surface area is 249 Å². The van der Waals surface area contributed by atoms with E-state index in [9.17, 15) is 9.59 Å². The van der Waals surface area contributed by atoms with E-state index in [-0.39, 0.29) is 18.0 Å². The fraction of sp³-hybridized carbons (Fsp3) is 0.250. The standard InChI is InChI=1S/C32H32ClN3O4S/c1-22(29(38)40-31(2,3)4)20-39-36-27(28(33)37)26-21-41-30(34-26)35-32(23-14-8-5-9-15-23,24-16-10-6-11-17-24)25-18-12-7-13-19-25/h5-19,21-22H,20H2,1-4H3,(H,34,35)/b36-27-. The lowest BCUT2D eigenvalue weighted by Gasteiger charge is -2.36. The van der Waals surface area contributed by atoms with Gasteiger partial charge in [-0.05, 0) is 56.0 Å². The minimum Gasteiger partial charge on any atom is -0.460 e. The number of hydrogen-bond donors (Lipinski definition) is 1. The van der Waals surface area contributed by atoms with Crippen molar-refractivity contribution in [2.75, 3.05) is 11.9 Å². The molecule has 0 fully saturated rings. The second-order valence-electron chi connectivity index (χ2n) is 10.5. The maximum Gasteiger partial charge on any atom is 0.312 e. The van der Waals surface area contributed by atoms with E-state index in [4.69, 9.17) is 21.2 Å². The van der Waals surface area contributed by atoms with Gasteiger partial charge in [-0.2, -0.15) is 0 Å². The molecule has 4 rings (SSSR count). The van der Waals surface area contributed by atoms with Crippen LogP contribution in [-0.2, 0) is 24.7 Å². The Morgan fingerprint density at radius 1 is 0.902 bits per heavy atom. The summed E-state index contributed by atoms with van der Waals surface area (Å²) in [7, 11) is 0. The van der Waals surface area contributed by atoms with Gasteiger partial charge in [0.1, 0.15) is 23.4 Å². The van der Waals surface area contributed by atoms with E-state index < -0.39 is 28.3 Å². The summed E-state index contributed by atoms with van der Waals surface area (Å²) in [5, 5.41) is 9.01. The lowest BCUT2D eigenvalue weighted by molar-refractivity contribution is -0.161. The molecule has 7 nitrogen and oxygen atoms in total. The number of rotatable bonds is 11. The molecule has 1 atom stereocenters. The van der Waals surface area contributed by atoms with Gasteiger partial charge in [0.2, 0.25) is 0 Å². The summed E-state index contributed by atoms with van der Waals surface area (Å²) in [6.45, 7) is 6.94. The number of benzene rings is 3. The van der Waals surface area contributed by atoms with E-state index >= 15 is 0 Å². The van der Waals surface area contributed by atoms with Crippen molar-refractivity contribution in [1.29, 1.82) is 0 Å². The van der Waals surface area contributed by atoms with Crippen molar-refractivity contribution in [3.8, 4) is 0 Å². The molecule has 9 heteroatoms. The van der Waals surface area contributed by atoms with Gasteiger partial charge < -0.3 is 14.9 Å². The van der Waals surface area contributed by atoms with E-state index in [0.717, 1.165) is 16.7 Å². The number of ether oxygens (including phenoxy) is 1. The summed E-state index contributed by atoms with van der Waals surface area (Å²) >= 11 is 7.19. The van der Waals surface area contributed by atoms with Gasteiger partial charge >= 0.3 is 5.97 Å². The Balaban J connectivity index is 1.66. The minimum atomic E-state index is -0.827. The van der Waals surface area contributed by atoms with Crippen LogP contribution in [0.25, 0.3) is 0 Å². The van der Waals surface area contributed by atoms with Crippen molar-refractivity contribution >= 4 is 45.0 Å². The second kappa shape index (κ2) is 13.1. The van der Waals surface area contributed by atoms with E-state index in [2.05, 4.69) is 51.9 Å². The van der Waals surface area contributed by atoms with Gasteiger partial charge in [-0.1, -0.05) is 96.2 Å². The molecule has 1 unspecified atom stereocenters. The van der Waals surface area contributed by atoms with Crippen LogP contribution in [0.2, 0.25) is 0 Å². The molecule has 0 aliphatic heterocycles. The van der Waals surface area contributed by atoms with Gasteiger partial charge in [0.15, 0.2) is 10.8 Å². The number of aromatic nitrogens is 1. The molecule has 1 N–H and O–H groups in total. The van der Waals surface area contributed by atoms with E-state index in [0.29, 0.717) is 5.13 Å². The van der Waals surface area contributed by atoms with Crippen molar-refractivity contribution in [3.63, 3.8) is 0 Å². The molecule has 1 heterocycles. The van der Waals surface area contributed by atoms with Crippen LogP contribution < -0.4 is 5.32 Å². The maximum absolute atomic E-state index is 12.3. The molecule has 0 saturated heterocycles. The fourth-order valence-corrected chi connectivity index (χ4v) is 5.13. The third-order valence-corrected chi connectivity index (χ3v) is 7.07. The largest absolute Gasteiger partial charge is 0.460 e. The monoisotopic (exact) mass is 589 g/mol. The molecular weight excluding hydrogens is 558 g/mol. The zero-order valence-electron chi connectivity index (χ0n) is 23.3. The summed E-state index contributed by atoms with van der Waals surface area (Å²) < 4.78 is 5.37. The van der Waals surface area contributed by atoms with E-state index in [1.54, 1.807) is 33.1 Å². The molecule has 1 aromatic heterocycles. The smallest absolute Gasteiger partial charge is 0.312 e. The number of carbonyl (C=O) groups excluding carboxylic acids is 2. The molecule has 0 spiro atoms. The topological polar surface area (TPSA) is 89.9 Å². The fourth-order valence-electron chi connectivity index (χ4n) is 4.25. The molecule has 3 aromatic carbocycles. The number of halogens is 1. The number of hydrogen-bond acceptors (Lipinski definition) is 8. The molecular formula is C32H32ClN3O4S. The van der Waals surface area contributed by atoms with Gasteiger partial charge in [-0.15, -0.1) is 11.3 Å². The number of esters is 1. The number of anilines is 1. The normalized spacial score (nSPS) is 12.9. The average Bonchev–Trinajstić information content (AvgIpc) is 3.42. The quantitative estimate of drug-likeness (QED) is 0.0665. The molecule has 0 bridgehead atoms. The van der Waals surface area contributed by atoms with Crippen LogP contribution >= 0.6 is 22.9 Å². The predicted molar refractivity (Wildman–Crippen MR) is 163 cm³/mol. The molecule has 0 radical (unpaired) electrons. The van der Waals surface area contributed by atoms with E-state index in [1.165, 1.54) is 11.3 Å². The zero-order valence-corrected chi connectivity index (χ0v) is 24.9. The highest BCUT2D eigenvalue weighted by Crippen LogP contribution is 2.40. The molecule has 4 aromatic rings. The van der Waals surface area contributed by atoms with Crippen molar-refractivity contribution in [2.24, 2.45) is 11.1 Å². The molecule has 0 aliphatic rings. The van der Waals surface area contributed by atoms with Crippen LogP contribution in [-0.4, -0.2) is 34.1 Å². The highest BCUT2D eigenvalue weighted by atomic mass is 35.5. The summed E-state index contributed by atoms with van der Waals surface area (Å²) in [5.41, 5.74) is 1.72. The summed E-state index contributed by atoms with van der Waals surface area (Å²) in [5.74, 6) is -1.02. The Morgan fingerprint density at radius 2 is 1.39 bits per heavy atom. The van der Waals surface area contributed by atoms with Crippen molar-refractivity contribution < 1.29 is 19.2 Å². The van der Waals surface area contributed by atoms with Crippen LogP contribution in [0.4, 0.5) is 5.13 Å². The number of thiazole rings is 1. The molecule has 0 saturated carbocycles. The first-order valence-electron chi connectivity index (χ1n) is 13.1. The van der Waals surface area contributed by atoms with E-state index in [1.807, 2.05) is 54.6 Å². The lowest BCUT2D eigenvalue weighted by atomic mass is 9.77. The van der Waals surface area contributed by atoms with Gasteiger partial charge in [0.05, 0.1) is 5.92 Å². The van der Waals surface area contributed by atoms with Crippen LogP contribution in [0.15, 0.2) is 102 Å². The number of carbonyl (C=O) groups is 2. The highest BCUT2D eigenvalue weighted by Gasteiger charge is 2.37. The molecule has 0 amide bonds. The average molecular weight is 590 g/mol. The summed E-state index contributed by atoms with van der Waals surface area (Å²) in [4.78, 5) is 34.6. The second-order valence-corrected chi connectivity index (χ2v) is 11.7. The summed E-state index contributed by atoms with van der Waals surface area (Å²) in [6.07, 6.45) is 0. The highest BCUT2D eigenvalue weighted by molar-refractivity contribution is 7.14. The minimum absolute atomic E-state index is 0.0864. The Kier molecular flexibility index (Phi) is 9.57. The van der Waals surface area contributed by atoms with Crippen LogP contribution in [0, 0.1) is 5.92 Å². The first kappa shape index (κ1) is 30.0. The molecule has 0 aliphatic carbocycles. The first-order chi connectivity index (χ1) is 19.6. The number of oxime groups is 1. The molecule has 41 heavy (non-hydrogen) atoms. The van der Waals surface area contributed by atoms with Crippen molar-refractivity contribution in [2.45, 2.75) is 38.8 Å². The van der Waals surface area contributed by atoms with Crippen molar-refractivity contribution in [3.05, 3.63) is 119 Å². The Hall–Kier alpha value is -4.01. The van der Waals surface area contributed by atoms with Gasteiger partial charge in [-0.3, -0.25) is 9.59 Å². The van der Waals surface area contributed by atoms with Gasteiger partial charge in [0.25, 0.3) is 5.24 Å². The van der Waals surface area contributed by atoms with Crippen LogP contribution in [0.3, 0.4) is 0 Å². The lowest BCUT2D eigenvalue weighted by Crippen LogP contribution is -2.38. The Bertz CT molecular complexity index is 1390.